The van der Waals surface area contributed by atoms with Gasteiger partial charge in [0, 0.05) is 41.9 Å². The molecule has 0 unspecified atom stereocenters. The van der Waals surface area contributed by atoms with Crippen LogP contribution in [0.3, 0.4) is 0 Å². The first kappa shape index (κ1) is 31.7. The molecule has 14 nitrogen and oxygen atoms in total. The highest BCUT2D eigenvalue weighted by atomic mass is 32.2. The summed E-state index contributed by atoms with van der Waals surface area (Å²) in [6, 6.07) is 2.80. The highest BCUT2D eigenvalue weighted by Crippen LogP contribution is 2.41. The maximum atomic E-state index is 13.4. The highest BCUT2D eigenvalue weighted by Gasteiger charge is 2.54. The van der Waals surface area contributed by atoms with E-state index in [2.05, 4.69) is 15.5 Å². The number of likely N-dealkylation sites (tertiary alicyclic amines) is 1. The molecule has 6 rings (SSSR count). The van der Waals surface area contributed by atoms with Gasteiger partial charge in [0.05, 0.1) is 0 Å². The number of aliphatic hydroxyl groups excluding tert-OH is 1. The van der Waals surface area contributed by atoms with Crippen molar-refractivity contribution in [2.45, 2.75) is 62.7 Å². The van der Waals surface area contributed by atoms with Gasteiger partial charge in [-0.15, -0.1) is 23.1 Å². The molecule has 2 saturated heterocycles. The zero-order chi connectivity index (χ0) is 32.4. The zero-order valence-corrected chi connectivity index (χ0v) is 26.5. The third-order valence-corrected chi connectivity index (χ3v) is 10.3. The standard InChI is InChI=1S/C30H33N7O7S2/c31-30-32-21(16-46-30)22(34-44-20-3-1-2-4-20)25(39)33-23-27(41)37-24(29(42)43)19(15-45-28(23)37)13-18-7-10-36(26(18)40)14-17-5-8-35(9-6-17)11-12-38/h5-6,8-9,13,16,20,23,28,38H,1-4,7,10-12,14-15H2,(H3-,31,32,33,39,42,43)/p+1/b18-13+,34-22-/t23-,28-/m1/s1. The van der Waals surface area contributed by atoms with Gasteiger partial charge in [0.2, 0.25) is 5.91 Å². The van der Waals surface area contributed by atoms with E-state index in [1.165, 1.54) is 16.7 Å². The molecule has 0 spiro atoms. The number of amides is 3. The number of carboxylic acid groups (broad SMARTS) is 1. The lowest BCUT2D eigenvalue weighted by atomic mass is 10.0. The molecule has 242 valence electrons. The quantitative estimate of drug-likeness (QED) is 0.0874. The Morgan fingerprint density at radius 1 is 1.24 bits per heavy atom. The lowest BCUT2D eigenvalue weighted by Gasteiger charge is -2.49. The van der Waals surface area contributed by atoms with Crippen LogP contribution in [0.25, 0.3) is 0 Å². The minimum atomic E-state index is -1.29. The van der Waals surface area contributed by atoms with Crippen molar-refractivity contribution in [3.05, 3.63) is 64.1 Å². The average molecular weight is 669 g/mol. The van der Waals surface area contributed by atoms with Gasteiger partial charge in [-0.1, -0.05) is 5.16 Å². The average Bonchev–Trinajstić information content (AvgIpc) is 3.80. The monoisotopic (exact) mass is 668 g/mol. The van der Waals surface area contributed by atoms with E-state index in [9.17, 15) is 24.3 Å². The number of carbonyl (C=O) groups excluding carboxylic acids is 3. The van der Waals surface area contributed by atoms with E-state index in [0.717, 1.165) is 42.6 Å². The molecule has 1 saturated carbocycles. The molecule has 3 fully saturated rings. The van der Waals surface area contributed by atoms with E-state index in [1.807, 2.05) is 29.1 Å². The van der Waals surface area contributed by atoms with Crippen LogP contribution in [0.1, 0.15) is 43.4 Å². The van der Waals surface area contributed by atoms with Crippen LogP contribution in [-0.4, -0.2) is 90.8 Å². The minimum Gasteiger partial charge on any atom is -0.477 e. The number of hydrogen-bond acceptors (Lipinski definition) is 11. The van der Waals surface area contributed by atoms with Crippen LogP contribution in [0.15, 0.2) is 58.0 Å². The van der Waals surface area contributed by atoms with Crippen molar-refractivity contribution in [1.82, 2.24) is 20.1 Å². The molecule has 5 heterocycles. The number of fused-ring (bicyclic) bond motifs is 1. The van der Waals surface area contributed by atoms with Gasteiger partial charge in [0.15, 0.2) is 29.8 Å². The molecule has 2 aromatic heterocycles. The molecule has 0 aromatic carbocycles. The topological polar surface area (TPSA) is 192 Å². The first-order chi connectivity index (χ1) is 22.2. The fraction of sp³-hybridized carbons (Fsp3) is 0.433. The van der Waals surface area contributed by atoms with Crippen molar-refractivity contribution in [3.8, 4) is 0 Å². The van der Waals surface area contributed by atoms with Crippen molar-refractivity contribution in [2.24, 2.45) is 5.16 Å². The number of oxime groups is 1. The number of nitrogens with zero attached hydrogens (tertiary/aromatic N) is 5. The maximum absolute atomic E-state index is 13.4. The van der Waals surface area contributed by atoms with Crippen molar-refractivity contribution >= 4 is 57.6 Å². The summed E-state index contributed by atoms with van der Waals surface area (Å²) in [6.07, 6.45) is 9.31. The summed E-state index contributed by atoms with van der Waals surface area (Å²) in [5.41, 5.74) is 7.49. The fourth-order valence-corrected chi connectivity index (χ4v) is 7.78. The molecule has 0 radical (unpaired) electrons. The van der Waals surface area contributed by atoms with E-state index in [4.69, 9.17) is 15.7 Å². The van der Waals surface area contributed by atoms with Gasteiger partial charge in [-0.05, 0) is 49.3 Å². The molecule has 0 bridgehead atoms. The fourth-order valence-electron chi connectivity index (χ4n) is 5.93. The van der Waals surface area contributed by atoms with Crippen LogP contribution in [0, 0.1) is 0 Å². The van der Waals surface area contributed by atoms with Gasteiger partial charge in [-0.2, -0.15) is 0 Å². The highest BCUT2D eigenvalue weighted by molar-refractivity contribution is 8.00. The van der Waals surface area contributed by atoms with Crippen molar-refractivity contribution in [3.63, 3.8) is 0 Å². The molecule has 2 atom stereocenters. The number of carbonyl (C=O) groups is 4. The number of carboxylic acids is 1. The molecule has 5 N–H and O–H groups in total. The molecule has 1 aliphatic carbocycles. The molecule has 3 amide bonds. The molecular formula is C30H34N7O7S2+. The van der Waals surface area contributed by atoms with E-state index in [1.54, 1.807) is 16.4 Å². The van der Waals surface area contributed by atoms with Crippen LogP contribution in [0.2, 0.25) is 0 Å². The lowest BCUT2D eigenvalue weighted by Crippen LogP contribution is -2.71. The predicted octanol–water partition coefficient (Wildman–Crippen LogP) is 0.766. The molecular weight excluding hydrogens is 635 g/mol. The molecule has 3 aliphatic heterocycles. The molecule has 4 aliphatic rings. The second kappa shape index (κ2) is 13.6. The van der Waals surface area contributed by atoms with Gasteiger partial charge < -0.3 is 31.0 Å². The molecule has 16 heteroatoms. The Balaban J connectivity index is 1.15. The second-order valence-electron chi connectivity index (χ2n) is 11.4. The SMILES string of the molecule is Nc1nc(/C(=N/OC2CCCC2)C(=O)N[C@@H]2C(=O)N3C(C(=O)O)=C(/C=C4\CCN(Cc5cc[n+](CCO)cc5)C4=O)CS[C@H]23)cs1. The Labute approximate surface area is 272 Å². The number of nitrogen functional groups attached to an aromatic ring is 1. The number of hydrogen-bond donors (Lipinski definition) is 4. The van der Waals surface area contributed by atoms with E-state index < -0.39 is 29.2 Å². The Hall–Kier alpha value is -4.28. The summed E-state index contributed by atoms with van der Waals surface area (Å²) in [4.78, 5) is 65.0. The lowest BCUT2D eigenvalue weighted by molar-refractivity contribution is -0.698. The predicted molar refractivity (Wildman–Crippen MR) is 168 cm³/mol. The number of aromatic nitrogens is 2. The third kappa shape index (κ3) is 6.50. The first-order valence-electron chi connectivity index (χ1n) is 15.0. The first-order valence-corrected chi connectivity index (χ1v) is 16.9. The number of β-lactam (4-membered cyclic amide) rings is 1. The number of allylic oxidation sites excluding steroid dienone is 1. The number of nitrogens with one attached hydrogen (secondary N) is 1. The van der Waals surface area contributed by atoms with E-state index in [-0.39, 0.29) is 46.6 Å². The summed E-state index contributed by atoms with van der Waals surface area (Å²) in [6.45, 7) is 1.39. The summed E-state index contributed by atoms with van der Waals surface area (Å²) in [5.74, 6) is -2.49. The number of rotatable bonds is 11. The van der Waals surface area contributed by atoms with Crippen molar-refractivity contribution in [2.75, 3.05) is 24.6 Å². The number of anilines is 1. The Morgan fingerprint density at radius 3 is 2.67 bits per heavy atom. The van der Waals surface area contributed by atoms with Crippen molar-refractivity contribution in [1.29, 1.82) is 0 Å². The van der Waals surface area contributed by atoms with E-state index in [0.29, 0.717) is 37.2 Å². The number of thiazole rings is 1. The number of nitrogens with two attached hydrogens (primary N) is 1. The smallest absolute Gasteiger partial charge is 0.352 e. The molecule has 2 aromatic rings. The Morgan fingerprint density at radius 2 is 2.00 bits per heavy atom. The van der Waals surface area contributed by atoms with Crippen LogP contribution in [-0.2, 0) is 37.1 Å². The van der Waals surface area contributed by atoms with Crippen LogP contribution in [0.5, 0.6) is 0 Å². The number of aliphatic hydroxyl groups is 1. The summed E-state index contributed by atoms with van der Waals surface area (Å²) in [5, 5.41) is 27.2. The van der Waals surface area contributed by atoms with E-state index >= 15 is 0 Å². The van der Waals surface area contributed by atoms with Crippen LogP contribution in [0.4, 0.5) is 5.13 Å². The number of thioether (sulfide) groups is 1. The zero-order valence-electron chi connectivity index (χ0n) is 24.8. The maximum Gasteiger partial charge on any atom is 0.352 e. The van der Waals surface area contributed by atoms with Gasteiger partial charge in [-0.25, -0.2) is 14.3 Å². The summed E-state index contributed by atoms with van der Waals surface area (Å²) >= 11 is 2.45. The van der Waals surface area contributed by atoms with Crippen LogP contribution < -0.4 is 15.6 Å². The van der Waals surface area contributed by atoms with Gasteiger partial charge in [0.25, 0.3) is 11.8 Å². The number of aliphatic carboxylic acids is 1. The van der Waals surface area contributed by atoms with Gasteiger partial charge in [0.1, 0.15) is 35.5 Å². The Kier molecular flexibility index (Phi) is 9.37. The normalized spacial score (nSPS) is 22.8. The molecule has 46 heavy (non-hydrogen) atoms. The summed E-state index contributed by atoms with van der Waals surface area (Å²) < 4.78 is 1.84. The Bertz CT molecular complexity index is 1630. The van der Waals surface area contributed by atoms with Crippen molar-refractivity contribution < 1.29 is 38.8 Å². The minimum absolute atomic E-state index is 0.0308. The summed E-state index contributed by atoms with van der Waals surface area (Å²) in [7, 11) is 0. The van der Waals surface area contributed by atoms with Gasteiger partial charge in [-0.3, -0.25) is 19.3 Å². The van der Waals surface area contributed by atoms with Crippen LogP contribution >= 0.6 is 23.1 Å². The third-order valence-electron chi connectivity index (χ3n) is 8.32. The van der Waals surface area contributed by atoms with Gasteiger partial charge >= 0.3 is 5.97 Å². The largest absolute Gasteiger partial charge is 0.477 e. The second-order valence-corrected chi connectivity index (χ2v) is 13.4. The number of pyridine rings is 1.